The summed E-state index contributed by atoms with van der Waals surface area (Å²) in [6.07, 6.45) is 0.669. The Bertz CT molecular complexity index is 1620. The van der Waals surface area contributed by atoms with Crippen molar-refractivity contribution in [3.8, 4) is 11.1 Å². The number of hydrogen-bond donors (Lipinski definition) is 1. The first-order chi connectivity index (χ1) is 18.5. The second-order valence-electron chi connectivity index (χ2n) is 10.5. The maximum atomic E-state index is 14.8. The fraction of sp³-hybridized carbons (Fsp3) is 0.345. The highest BCUT2D eigenvalue weighted by Gasteiger charge is 2.25. The summed E-state index contributed by atoms with van der Waals surface area (Å²) in [6, 6.07) is 7.51. The normalized spacial score (nSPS) is 11.8. The number of carbonyl (C=O) groups is 2. The van der Waals surface area contributed by atoms with E-state index in [0.717, 1.165) is 12.1 Å². The van der Waals surface area contributed by atoms with Gasteiger partial charge in [0.15, 0.2) is 15.6 Å². The van der Waals surface area contributed by atoms with Gasteiger partial charge >= 0.3 is 6.09 Å². The number of carbonyl (C=O) groups excluding carboxylic acids is 2. The van der Waals surface area contributed by atoms with Crippen LogP contribution in [0.25, 0.3) is 11.1 Å². The SMILES string of the molecule is CCS(=O)(=O)Cc1ccc(C(=O)c2c(F)cc(C)cc2F)c(-c2cn(C)c(=O)cc2CNC(=O)OC(C)(C)C)c1. The van der Waals surface area contributed by atoms with Crippen LogP contribution in [0.5, 0.6) is 0 Å². The van der Waals surface area contributed by atoms with Crippen LogP contribution in [0, 0.1) is 18.6 Å². The third-order valence-electron chi connectivity index (χ3n) is 5.99. The van der Waals surface area contributed by atoms with E-state index in [9.17, 15) is 31.6 Å². The van der Waals surface area contributed by atoms with Gasteiger partial charge in [0.25, 0.3) is 5.56 Å². The molecule has 3 rings (SSSR count). The number of sulfone groups is 1. The number of ketones is 1. The highest BCUT2D eigenvalue weighted by Crippen LogP contribution is 2.31. The Morgan fingerprint density at radius 1 is 1.02 bits per heavy atom. The smallest absolute Gasteiger partial charge is 0.407 e. The van der Waals surface area contributed by atoms with Crippen LogP contribution in [0.4, 0.5) is 13.6 Å². The van der Waals surface area contributed by atoms with Gasteiger partial charge in [0.1, 0.15) is 17.2 Å². The Balaban J connectivity index is 2.23. The van der Waals surface area contributed by atoms with Crippen molar-refractivity contribution in [1.29, 1.82) is 0 Å². The van der Waals surface area contributed by atoms with Crippen molar-refractivity contribution in [3.05, 3.63) is 92.4 Å². The van der Waals surface area contributed by atoms with E-state index in [1.165, 1.54) is 55.9 Å². The summed E-state index contributed by atoms with van der Waals surface area (Å²) in [4.78, 5) is 38.4. The molecule has 0 aliphatic heterocycles. The van der Waals surface area contributed by atoms with Gasteiger partial charge in [-0.05, 0) is 68.1 Å². The van der Waals surface area contributed by atoms with E-state index in [-0.39, 0.29) is 40.3 Å². The Kier molecular flexibility index (Phi) is 8.98. The van der Waals surface area contributed by atoms with Gasteiger partial charge in [-0.3, -0.25) is 9.59 Å². The van der Waals surface area contributed by atoms with E-state index in [1.807, 2.05) is 0 Å². The van der Waals surface area contributed by atoms with Crippen LogP contribution in [-0.2, 0) is 33.9 Å². The molecule has 0 saturated carbocycles. The predicted molar refractivity (Wildman–Crippen MR) is 148 cm³/mol. The molecule has 0 spiro atoms. The number of rotatable bonds is 8. The number of amides is 1. The second-order valence-corrected chi connectivity index (χ2v) is 12.9. The summed E-state index contributed by atoms with van der Waals surface area (Å²) in [6.45, 7) is 7.88. The largest absolute Gasteiger partial charge is 0.444 e. The number of nitrogens with zero attached hydrogens (tertiary/aromatic N) is 1. The van der Waals surface area contributed by atoms with Crippen molar-refractivity contribution in [3.63, 3.8) is 0 Å². The first-order valence-corrected chi connectivity index (χ1v) is 14.3. The molecule has 1 N–H and O–H groups in total. The molecule has 40 heavy (non-hydrogen) atoms. The molecule has 8 nitrogen and oxygen atoms in total. The lowest BCUT2D eigenvalue weighted by atomic mass is 9.90. The van der Waals surface area contributed by atoms with E-state index < -0.39 is 50.1 Å². The molecule has 3 aromatic rings. The highest BCUT2D eigenvalue weighted by atomic mass is 32.2. The molecule has 0 aliphatic rings. The summed E-state index contributed by atoms with van der Waals surface area (Å²) in [5.74, 6) is -3.50. The van der Waals surface area contributed by atoms with Crippen LogP contribution in [-0.4, -0.2) is 36.2 Å². The third-order valence-corrected chi connectivity index (χ3v) is 7.65. The molecule has 0 unspecified atom stereocenters. The number of ether oxygens (including phenoxy) is 1. The van der Waals surface area contributed by atoms with Gasteiger partial charge in [-0.2, -0.15) is 0 Å². The quantitative estimate of drug-likeness (QED) is 0.386. The van der Waals surface area contributed by atoms with Crippen LogP contribution in [0.3, 0.4) is 0 Å². The Hall–Kier alpha value is -3.86. The van der Waals surface area contributed by atoms with Crippen molar-refractivity contribution in [2.24, 2.45) is 7.05 Å². The average molecular weight is 575 g/mol. The maximum absolute atomic E-state index is 14.8. The number of halogens is 2. The lowest BCUT2D eigenvalue weighted by molar-refractivity contribution is 0.0523. The predicted octanol–water partition coefficient (Wildman–Crippen LogP) is 4.83. The van der Waals surface area contributed by atoms with Crippen molar-refractivity contribution in [2.45, 2.75) is 52.5 Å². The van der Waals surface area contributed by atoms with E-state index >= 15 is 0 Å². The van der Waals surface area contributed by atoms with Crippen LogP contribution in [0.15, 0.2) is 47.4 Å². The molecule has 0 atom stereocenters. The number of nitrogens with one attached hydrogen (secondary N) is 1. The van der Waals surface area contributed by atoms with Gasteiger partial charge in [0, 0.05) is 42.7 Å². The lowest BCUT2D eigenvalue weighted by Gasteiger charge is -2.20. The Morgan fingerprint density at radius 3 is 2.23 bits per heavy atom. The van der Waals surface area contributed by atoms with Gasteiger partial charge in [0.2, 0.25) is 0 Å². The molecular weight excluding hydrogens is 542 g/mol. The van der Waals surface area contributed by atoms with Crippen molar-refractivity contribution in [1.82, 2.24) is 9.88 Å². The van der Waals surface area contributed by atoms with Crippen LogP contribution >= 0.6 is 0 Å². The molecule has 0 saturated heterocycles. The van der Waals surface area contributed by atoms with Crippen LogP contribution < -0.4 is 10.9 Å². The molecular formula is C29H32F2N2O6S. The number of hydrogen-bond acceptors (Lipinski definition) is 6. The fourth-order valence-corrected chi connectivity index (χ4v) is 4.94. The Labute approximate surface area is 231 Å². The molecule has 214 valence electrons. The first kappa shape index (κ1) is 30.7. The minimum absolute atomic E-state index is 0.114. The van der Waals surface area contributed by atoms with Gasteiger partial charge in [-0.15, -0.1) is 0 Å². The summed E-state index contributed by atoms with van der Waals surface area (Å²) >= 11 is 0. The summed E-state index contributed by atoms with van der Waals surface area (Å²) in [7, 11) is -2.00. The highest BCUT2D eigenvalue weighted by molar-refractivity contribution is 7.90. The monoisotopic (exact) mass is 574 g/mol. The molecule has 11 heteroatoms. The number of benzene rings is 2. The van der Waals surface area contributed by atoms with Crippen molar-refractivity contribution >= 4 is 21.7 Å². The average Bonchev–Trinajstić information content (AvgIpc) is 2.82. The van der Waals surface area contributed by atoms with Crippen molar-refractivity contribution in [2.75, 3.05) is 5.75 Å². The molecule has 1 aromatic heterocycles. The van der Waals surface area contributed by atoms with Crippen LogP contribution in [0.2, 0.25) is 0 Å². The Morgan fingerprint density at radius 2 is 1.65 bits per heavy atom. The van der Waals surface area contributed by atoms with Gasteiger partial charge < -0.3 is 14.6 Å². The molecule has 0 fully saturated rings. The molecule has 0 aliphatic carbocycles. The second kappa shape index (κ2) is 11.7. The summed E-state index contributed by atoms with van der Waals surface area (Å²) < 4.78 is 60.9. The number of alkyl carbamates (subject to hydrolysis) is 1. The molecule has 1 amide bonds. The zero-order chi connectivity index (χ0) is 30.0. The van der Waals surface area contributed by atoms with Crippen LogP contribution in [0.1, 0.15) is 60.3 Å². The molecule has 1 heterocycles. The summed E-state index contributed by atoms with van der Waals surface area (Å²) in [5, 5.41) is 2.57. The van der Waals surface area contributed by atoms with Gasteiger partial charge in [-0.25, -0.2) is 22.0 Å². The summed E-state index contributed by atoms with van der Waals surface area (Å²) in [5.41, 5.74) is -0.744. The fourth-order valence-electron chi connectivity index (χ4n) is 4.05. The molecule has 2 aromatic carbocycles. The first-order valence-electron chi connectivity index (χ1n) is 12.5. The number of aryl methyl sites for hydroxylation is 2. The third kappa shape index (κ3) is 7.41. The minimum Gasteiger partial charge on any atom is -0.444 e. The zero-order valence-corrected chi connectivity index (χ0v) is 24.0. The van der Waals surface area contributed by atoms with E-state index in [2.05, 4.69) is 5.32 Å². The van der Waals surface area contributed by atoms with Gasteiger partial charge in [-0.1, -0.05) is 19.1 Å². The standard InChI is InChI=1S/C29H32F2N2O6S/c1-7-40(37,38)16-18-8-9-20(27(35)26-23(30)10-17(2)11-24(26)31)21(12-18)22-15-33(6)25(34)13-19(22)14-32-28(36)39-29(3,4)5/h8-13,15H,7,14,16H2,1-6H3,(H,32,36). The number of aromatic nitrogens is 1. The maximum Gasteiger partial charge on any atom is 0.407 e. The van der Waals surface area contributed by atoms with E-state index in [0.29, 0.717) is 11.1 Å². The molecule has 0 radical (unpaired) electrons. The van der Waals surface area contributed by atoms with Gasteiger partial charge in [0.05, 0.1) is 11.3 Å². The number of pyridine rings is 1. The van der Waals surface area contributed by atoms with E-state index in [1.54, 1.807) is 20.8 Å². The topological polar surface area (TPSA) is 112 Å². The zero-order valence-electron chi connectivity index (χ0n) is 23.2. The molecule has 0 bridgehead atoms. The minimum atomic E-state index is -3.47. The van der Waals surface area contributed by atoms with E-state index in [4.69, 9.17) is 4.74 Å². The van der Waals surface area contributed by atoms with Crippen molar-refractivity contribution < 1.29 is 31.5 Å². The lowest BCUT2D eigenvalue weighted by Crippen LogP contribution is -2.32.